The maximum Gasteiger partial charge on any atom is 0.261 e. The zero-order valence-electron chi connectivity index (χ0n) is 27.1. The highest BCUT2D eigenvalue weighted by Gasteiger charge is 2.27. The lowest BCUT2D eigenvalue weighted by atomic mass is 10.0. The number of aliphatic hydroxyl groups excluding tert-OH is 1. The third kappa shape index (κ3) is 11.9. The summed E-state index contributed by atoms with van der Waals surface area (Å²) in [6, 6.07) is 17.8. The first-order valence-electron chi connectivity index (χ1n) is 16.0. The van der Waals surface area contributed by atoms with Gasteiger partial charge in [0.2, 0.25) is 15.8 Å². The first kappa shape index (κ1) is 36.8. The number of unbranched alkanes of at least 4 members (excludes halogenated alkanes) is 4. The molecule has 0 spiro atoms. The first-order chi connectivity index (χ1) is 22.3. The molecule has 47 heavy (non-hydrogen) atoms. The van der Waals surface area contributed by atoms with Crippen LogP contribution in [0.25, 0.3) is 0 Å². The van der Waals surface area contributed by atoms with Crippen LogP contribution in [0.5, 0.6) is 5.75 Å². The Morgan fingerprint density at radius 3 is 2.36 bits per heavy atom. The second-order valence-corrected chi connectivity index (χ2v) is 15.4. The lowest BCUT2D eigenvalue weighted by Gasteiger charge is -2.33. The molecule has 11 nitrogen and oxygen atoms in total. The normalized spacial score (nSPS) is 15.1. The van der Waals surface area contributed by atoms with E-state index in [0.717, 1.165) is 73.9 Å². The Balaban J connectivity index is 1.02. The molecule has 0 unspecified atom stereocenters. The van der Waals surface area contributed by atoms with Crippen LogP contribution in [0.3, 0.4) is 0 Å². The van der Waals surface area contributed by atoms with Gasteiger partial charge in [0, 0.05) is 44.9 Å². The zero-order valence-corrected chi connectivity index (χ0v) is 28.7. The smallest absolute Gasteiger partial charge is 0.261 e. The second kappa shape index (κ2) is 16.9. The molecule has 0 amide bonds. The van der Waals surface area contributed by atoms with Crippen molar-refractivity contribution in [2.75, 3.05) is 31.0 Å². The Labute approximate surface area is 278 Å². The molecule has 1 aliphatic rings. The number of hydrogen-bond donors (Lipinski definition) is 4. The van der Waals surface area contributed by atoms with E-state index < -0.39 is 31.9 Å². The van der Waals surface area contributed by atoms with E-state index in [0.29, 0.717) is 26.4 Å². The molecule has 0 saturated carbocycles. The number of aliphatic hydroxyl groups is 1. The third-order valence-corrected chi connectivity index (χ3v) is 10.1. The Morgan fingerprint density at radius 1 is 0.894 bits per heavy atom. The molecule has 1 atom stereocenters. The summed E-state index contributed by atoms with van der Waals surface area (Å²) in [4.78, 5) is 0.0424. The van der Waals surface area contributed by atoms with Crippen molar-refractivity contribution in [2.24, 2.45) is 5.14 Å². The van der Waals surface area contributed by atoms with Crippen molar-refractivity contribution in [1.82, 2.24) is 5.32 Å². The number of nitrogens with two attached hydrogens (primary N) is 1. The van der Waals surface area contributed by atoms with Crippen LogP contribution in [0.2, 0.25) is 0 Å². The summed E-state index contributed by atoms with van der Waals surface area (Å²) in [6.45, 7) is 6.94. The number of fused-ring (bicyclic) bond motifs is 1. The number of ether oxygens (including phenoxy) is 3. The fourth-order valence-corrected chi connectivity index (χ4v) is 6.80. The van der Waals surface area contributed by atoms with Crippen molar-refractivity contribution < 1.29 is 36.2 Å². The summed E-state index contributed by atoms with van der Waals surface area (Å²) in [5.41, 5.74) is 2.95. The van der Waals surface area contributed by atoms with Gasteiger partial charge in [0.05, 0.1) is 22.5 Å². The predicted molar refractivity (Wildman–Crippen MR) is 181 cm³/mol. The second-order valence-electron chi connectivity index (χ2n) is 12.2. The predicted octanol–water partition coefficient (Wildman–Crippen LogP) is 5.00. The summed E-state index contributed by atoms with van der Waals surface area (Å²) < 4.78 is 68.3. The molecular formula is C34H47N3O8S2. The van der Waals surface area contributed by atoms with E-state index >= 15 is 0 Å². The summed E-state index contributed by atoms with van der Waals surface area (Å²) in [6.07, 6.45) is 6.08. The van der Waals surface area contributed by atoms with Crippen molar-refractivity contribution in [3.63, 3.8) is 0 Å². The van der Waals surface area contributed by atoms with Crippen molar-refractivity contribution in [3.8, 4) is 5.75 Å². The molecule has 3 aromatic rings. The van der Waals surface area contributed by atoms with Gasteiger partial charge >= 0.3 is 0 Å². The van der Waals surface area contributed by atoms with Crippen LogP contribution in [0.4, 0.5) is 5.69 Å². The van der Waals surface area contributed by atoms with Gasteiger partial charge in [0.15, 0.2) is 0 Å². The van der Waals surface area contributed by atoms with E-state index in [-0.39, 0.29) is 15.5 Å². The van der Waals surface area contributed by atoms with Crippen LogP contribution in [0.1, 0.15) is 75.2 Å². The van der Waals surface area contributed by atoms with Crippen LogP contribution in [-0.2, 0) is 42.5 Å². The lowest BCUT2D eigenvalue weighted by molar-refractivity contribution is -0.180. The molecule has 1 aliphatic heterocycles. The maximum atomic E-state index is 12.9. The van der Waals surface area contributed by atoms with Crippen molar-refractivity contribution in [2.45, 2.75) is 87.1 Å². The van der Waals surface area contributed by atoms with E-state index in [1.54, 1.807) is 12.1 Å². The van der Waals surface area contributed by atoms with Gasteiger partial charge in [-0.05, 0) is 98.3 Å². The Hall–Kier alpha value is -3.04. The quantitative estimate of drug-likeness (QED) is 0.127. The lowest BCUT2D eigenvalue weighted by Crippen LogP contribution is -2.35. The van der Waals surface area contributed by atoms with Gasteiger partial charge in [-0.3, -0.25) is 4.72 Å². The minimum atomic E-state index is -3.86. The van der Waals surface area contributed by atoms with Crippen LogP contribution < -0.4 is 19.9 Å². The van der Waals surface area contributed by atoms with Crippen molar-refractivity contribution >= 4 is 25.7 Å². The molecule has 13 heteroatoms. The Morgan fingerprint density at radius 2 is 1.62 bits per heavy atom. The molecule has 5 N–H and O–H groups in total. The standard InChI is InChI=1S/C34H47N3O8S2/c1-34(2)44-25-28-23-27(13-18-33(28)45-34)32(38)24-36-19-6-3-4-7-20-43-21-8-5-10-26-11-9-12-31(22-26)47(41,42)37-29-14-16-30(17-15-29)46(35,39)40/h9,11-18,22-23,32,36-38H,3-8,10,19-21,24-25H2,1-2H3,(H2,35,39,40)/t32-/m1/s1. The average Bonchev–Trinajstić information content (AvgIpc) is 3.02. The number of nitrogens with one attached hydrogen (secondary N) is 2. The maximum absolute atomic E-state index is 12.9. The average molecular weight is 690 g/mol. The van der Waals surface area contributed by atoms with Crippen molar-refractivity contribution in [1.29, 1.82) is 0 Å². The summed E-state index contributed by atoms with van der Waals surface area (Å²) in [7, 11) is -7.70. The van der Waals surface area contributed by atoms with E-state index in [1.807, 2.05) is 38.1 Å². The zero-order chi connectivity index (χ0) is 33.9. The number of sulfonamides is 2. The van der Waals surface area contributed by atoms with Crippen molar-refractivity contribution in [3.05, 3.63) is 83.4 Å². The highest BCUT2D eigenvalue weighted by atomic mass is 32.2. The minimum absolute atomic E-state index is 0.0946. The molecule has 3 aromatic carbocycles. The largest absolute Gasteiger partial charge is 0.463 e. The SMILES string of the molecule is CC1(C)OCc2cc([C@H](O)CNCCCCCCOCCCCc3cccc(S(=O)(=O)Nc4ccc(S(N)(=O)=O)cc4)c3)ccc2O1. The Bertz CT molecular complexity index is 1660. The van der Waals surface area contributed by atoms with E-state index in [9.17, 15) is 21.9 Å². The van der Waals surface area contributed by atoms with Crippen LogP contribution in [0.15, 0.2) is 76.5 Å². The number of hydrogen-bond acceptors (Lipinski definition) is 9. The number of anilines is 1. The number of rotatable bonds is 19. The van der Waals surface area contributed by atoms with Gasteiger partial charge in [-0.15, -0.1) is 0 Å². The minimum Gasteiger partial charge on any atom is -0.463 e. The van der Waals surface area contributed by atoms with E-state index in [2.05, 4.69) is 10.0 Å². The van der Waals surface area contributed by atoms with Gasteiger partial charge in [-0.1, -0.05) is 31.0 Å². The molecule has 0 aromatic heterocycles. The van der Waals surface area contributed by atoms with Crippen LogP contribution in [-0.4, -0.2) is 54.0 Å². The van der Waals surface area contributed by atoms with Gasteiger partial charge < -0.3 is 24.6 Å². The van der Waals surface area contributed by atoms with Crippen LogP contribution >= 0.6 is 0 Å². The summed E-state index contributed by atoms with van der Waals surface area (Å²) >= 11 is 0. The fraction of sp³-hybridized carbons (Fsp3) is 0.471. The first-order valence-corrected chi connectivity index (χ1v) is 19.0. The van der Waals surface area contributed by atoms with Gasteiger partial charge in [0.1, 0.15) is 5.75 Å². The van der Waals surface area contributed by atoms with Crippen LogP contribution in [0, 0.1) is 0 Å². The van der Waals surface area contributed by atoms with E-state index in [4.69, 9.17) is 19.3 Å². The number of primary sulfonamides is 1. The molecule has 0 fully saturated rings. The van der Waals surface area contributed by atoms with Gasteiger partial charge in [-0.2, -0.15) is 0 Å². The molecule has 4 rings (SSSR count). The molecule has 0 aliphatic carbocycles. The van der Waals surface area contributed by atoms with E-state index in [1.165, 1.54) is 30.3 Å². The number of aryl methyl sites for hydroxylation is 1. The third-order valence-electron chi connectivity index (χ3n) is 7.78. The molecule has 0 saturated heterocycles. The molecule has 0 radical (unpaired) electrons. The Kier molecular flexibility index (Phi) is 13.2. The summed E-state index contributed by atoms with van der Waals surface area (Å²) in [5, 5.41) is 19.0. The highest BCUT2D eigenvalue weighted by Crippen LogP contribution is 2.33. The fourth-order valence-electron chi connectivity index (χ4n) is 5.16. The molecule has 258 valence electrons. The highest BCUT2D eigenvalue weighted by molar-refractivity contribution is 7.92. The summed E-state index contributed by atoms with van der Waals surface area (Å²) in [5.74, 6) is 0.171. The molecule has 1 heterocycles. The number of benzene rings is 3. The monoisotopic (exact) mass is 689 g/mol. The van der Waals surface area contributed by atoms with Gasteiger partial charge in [0.25, 0.3) is 10.0 Å². The topological polar surface area (TPSA) is 166 Å². The van der Waals surface area contributed by atoms with Gasteiger partial charge in [-0.25, -0.2) is 22.0 Å². The molecular weight excluding hydrogens is 643 g/mol. The molecule has 0 bridgehead atoms.